The van der Waals surface area contributed by atoms with Crippen LogP contribution in [0.3, 0.4) is 0 Å². The molecule has 0 atom stereocenters. The molecule has 0 saturated heterocycles. The zero-order chi connectivity index (χ0) is 10.4. The average Bonchev–Trinajstić information content (AvgIpc) is 2.19. The van der Waals surface area contributed by atoms with Gasteiger partial charge in [-0.25, -0.2) is 4.98 Å². The van der Waals surface area contributed by atoms with Crippen molar-refractivity contribution in [2.75, 3.05) is 18.5 Å². The van der Waals surface area contributed by atoms with Gasteiger partial charge in [0.05, 0.1) is 6.61 Å². The van der Waals surface area contributed by atoms with E-state index in [1.54, 1.807) is 6.20 Å². The molecule has 0 radical (unpaired) electrons. The fourth-order valence-electron chi connectivity index (χ4n) is 1.03. The Balaban J connectivity index is 2.72. The van der Waals surface area contributed by atoms with Gasteiger partial charge in [-0.2, -0.15) is 4.98 Å². The second-order valence-electron chi connectivity index (χ2n) is 3.04. The second kappa shape index (κ2) is 5.42. The summed E-state index contributed by atoms with van der Waals surface area (Å²) in [6.07, 6.45) is 2.83. The van der Waals surface area contributed by atoms with Gasteiger partial charge in [-0.15, -0.1) is 0 Å². The van der Waals surface area contributed by atoms with Crippen LogP contribution >= 0.6 is 0 Å². The van der Waals surface area contributed by atoms with Crippen molar-refractivity contribution < 1.29 is 4.74 Å². The Kier molecular flexibility index (Phi) is 4.16. The molecular formula is C10H17N3O. The quantitative estimate of drug-likeness (QED) is 0.780. The molecular weight excluding hydrogens is 178 g/mol. The van der Waals surface area contributed by atoms with E-state index in [1.165, 1.54) is 0 Å². The smallest absolute Gasteiger partial charge is 0.225 e. The number of hydrogen-bond acceptors (Lipinski definition) is 4. The fraction of sp³-hybridized carbons (Fsp3) is 0.600. The summed E-state index contributed by atoms with van der Waals surface area (Å²) in [5, 5.41) is 3.12. The van der Waals surface area contributed by atoms with Crippen LogP contribution in [0.15, 0.2) is 6.20 Å². The standard InChI is InChI=1S/C10H17N3O/c1-4-6-11-10-12-7-8(3)9(13-10)14-5-2/h7H,4-6H2,1-3H3,(H,11,12,13). The minimum atomic E-state index is 0.630. The topological polar surface area (TPSA) is 47.0 Å². The SMILES string of the molecule is CCCNc1ncc(C)c(OCC)n1. The molecule has 0 aliphatic rings. The van der Waals surface area contributed by atoms with Crippen molar-refractivity contribution in [3.05, 3.63) is 11.8 Å². The van der Waals surface area contributed by atoms with Gasteiger partial charge in [0.15, 0.2) is 0 Å². The summed E-state index contributed by atoms with van der Waals surface area (Å²) < 4.78 is 5.37. The summed E-state index contributed by atoms with van der Waals surface area (Å²) in [5.74, 6) is 1.31. The first-order chi connectivity index (χ1) is 6.77. The summed E-state index contributed by atoms with van der Waals surface area (Å²) >= 11 is 0. The third-order valence-corrected chi connectivity index (χ3v) is 1.74. The first-order valence-electron chi connectivity index (χ1n) is 4.98. The van der Waals surface area contributed by atoms with Crippen molar-refractivity contribution in [1.82, 2.24) is 9.97 Å². The van der Waals surface area contributed by atoms with E-state index in [-0.39, 0.29) is 0 Å². The molecule has 0 aromatic carbocycles. The Labute approximate surface area is 84.7 Å². The zero-order valence-corrected chi connectivity index (χ0v) is 9.00. The Morgan fingerprint density at radius 2 is 2.21 bits per heavy atom. The highest BCUT2D eigenvalue weighted by molar-refractivity contribution is 5.32. The van der Waals surface area contributed by atoms with Gasteiger partial charge in [-0.05, 0) is 20.3 Å². The molecule has 1 heterocycles. The van der Waals surface area contributed by atoms with Crippen LogP contribution in [0, 0.1) is 6.92 Å². The highest BCUT2D eigenvalue weighted by Crippen LogP contribution is 2.14. The maximum Gasteiger partial charge on any atom is 0.225 e. The highest BCUT2D eigenvalue weighted by atomic mass is 16.5. The molecule has 14 heavy (non-hydrogen) atoms. The number of anilines is 1. The van der Waals surface area contributed by atoms with E-state index in [0.29, 0.717) is 18.4 Å². The van der Waals surface area contributed by atoms with Crippen LogP contribution in [-0.2, 0) is 0 Å². The summed E-state index contributed by atoms with van der Waals surface area (Å²) in [5.41, 5.74) is 0.967. The van der Waals surface area contributed by atoms with E-state index < -0.39 is 0 Å². The van der Waals surface area contributed by atoms with Gasteiger partial charge in [-0.1, -0.05) is 6.92 Å². The molecule has 0 saturated carbocycles. The summed E-state index contributed by atoms with van der Waals surface area (Å²) in [6, 6.07) is 0. The van der Waals surface area contributed by atoms with Crippen LogP contribution in [0.5, 0.6) is 5.88 Å². The van der Waals surface area contributed by atoms with Crippen LogP contribution in [0.1, 0.15) is 25.8 Å². The van der Waals surface area contributed by atoms with E-state index >= 15 is 0 Å². The van der Waals surface area contributed by atoms with Crippen LogP contribution in [-0.4, -0.2) is 23.1 Å². The summed E-state index contributed by atoms with van der Waals surface area (Å²) in [7, 11) is 0. The lowest BCUT2D eigenvalue weighted by atomic mass is 10.4. The van der Waals surface area contributed by atoms with Crippen LogP contribution < -0.4 is 10.1 Å². The van der Waals surface area contributed by atoms with E-state index in [9.17, 15) is 0 Å². The lowest BCUT2D eigenvalue weighted by molar-refractivity contribution is 0.324. The molecule has 0 aliphatic heterocycles. The van der Waals surface area contributed by atoms with Gasteiger partial charge >= 0.3 is 0 Å². The van der Waals surface area contributed by atoms with Gasteiger partial charge in [-0.3, -0.25) is 0 Å². The van der Waals surface area contributed by atoms with Crippen molar-refractivity contribution in [2.24, 2.45) is 0 Å². The van der Waals surface area contributed by atoms with Crippen molar-refractivity contribution in [3.63, 3.8) is 0 Å². The third-order valence-electron chi connectivity index (χ3n) is 1.74. The Morgan fingerprint density at radius 1 is 1.43 bits per heavy atom. The maximum atomic E-state index is 5.37. The number of nitrogens with zero attached hydrogens (tertiary/aromatic N) is 2. The molecule has 0 aliphatic carbocycles. The number of rotatable bonds is 5. The van der Waals surface area contributed by atoms with Crippen LogP contribution in [0.25, 0.3) is 0 Å². The Bertz CT molecular complexity index is 289. The van der Waals surface area contributed by atoms with E-state index in [4.69, 9.17) is 4.74 Å². The van der Waals surface area contributed by atoms with Gasteiger partial charge in [0.1, 0.15) is 0 Å². The van der Waals surface area contributed by atoms with Gasteiger partial charge in [0, 0.05) is 18.3 Å². The van der Waals surface area contributed by atoms with Crippen molar-refractivity contribution in [2.45, 2.75) is 27.2 Å². The van der Waals surface area contributed by atoms with Crippen molar-refractivity contribution >= 4 is 5.95 Å². The molecule has 1 N–H and O–H groups in total. The molecule has 0 spiro atoms. The number of hydrogen-bond donors (Lipinski definition) is 1. The van der Waals surface area contributed by atoms with Crippen molar-refractivity contribution in [1.29, 1.82) is 0 Å². The fourth-order valence-corrected chi connectivity index (χ4v) is 1.03. The highest BCUT2D eigenvalue weighted by Gasteiger charge is 2.03. The molecule has 0 amide bonds. The second-order valence-corrected chi connectivity index (χ2v) is 3.04. The van der Waals surface area contributed by atoms with Gasteiger partial charge in [0.2, 0.25) is 11.8 Å². The third kappa shape index (κ3) is 2.87. The molecule has 1 aromatic rings. The number of ether oxygens (including phenoxy) is 1. The molecule has 4 heteroatoms. The first kappa shape index (κ1) is 10.8. The first-order valence-corrected chi connectivity index (χ1v) is 4.98. The number of aromatic nitrogens is 2. The van der Waals surface area contributed by atoms with Gasteiger partial charge < -0.3 is 10.1 Å². The molecule has 0 fully saturated rings. The molecule has 78 valence electrons. The minimum absolute atomic E-state index is 0.630. The monoisotopic (exact) mass is 195 g/mol. The van der Waals surface area contributed by atoms with Crippen LogP contribution in [0.2, 0.25) is 0 Å². The van der Waals surface area contributed by atoms with E-state index in [0.717, 1.165) is 18.5 Å². The molecule has 4 nitrogen and oxygen atoms in total. The number of aryl methyl sites for hydroxylation is 1. The molecule has 0 bridgehead atoms. The lowest BCUT2D eigenvalue weighted by Gasteiger charge is -2.07. The predicted octanol–water partition coefficient (Wildman–Crippen LogP) is 2.01. The maximum absolute atomic E-state index is 5.37. The Morgan fingerprint density at radius 3 is 2.86 bits per heavy atom. The van der Waals surface area contributed by atoms with E-state index in [1.807, 2.05) is 13.8 Å². The summed E-state index contributed by atoms with van der Waals surface area (Å²) in [6.45, 7) is 7.50. The van der Waals surface area contributed by atoms with Crippen LogP contribution in [0.4, 0.5) is 5.95 Å². The largest absolute Gasteiger partial charge is 0.478 e. The molecule has 1 aromatic heterocycles. The molecule has 1 rings (SSSR count). The predicted molar refractivity (Wildman–Crippen MR) is 56.7 cm³/mol. The number of nitrogens with one attached hydrogen (secondary N) is 1. The van der Waals surface area contributed by atoms with Gasteiger partial charge in [0.25, 0.3) is 0 Å². The average molecular weight is 195 g/mol. The zero-order valence-electron chi connectivity index (χ0n) is 9.00. The van der Waals surface area contributed by atoms with E-state index in [2.05, 4.69) is 22.2 Å². The molecule has 0 unspecified atom stereocenters. The summed E-state index contributed by atoms with van der Waals surface area (Å²) in [4.78, 5) is 8.41. The Hall–Kier alpha value is -1.32. The lowest BCUT2D eigenvalue weighted by Crippen LogP contribution is -2.06. The minimum Gasteiger partial charge on any atom is -0.478 e. The van der Waals surface area contributed by atoms with Crippen molar-refractivity contribution in [3.8, 4) is 5.88 Å². The normalized spacial score (nSPS) is 9.93.